The van der Waals surface area contributed by atoms with Gasteiger partial charge in [-0.3, -0.25) is 0 Å². The van der Waals surface area contributed by atoms with E-state index in [0.29, 0.717) is 6.04 Å². The molecule has 2 heterocycles. The van der Waals surface area contributed by atoms with E-state index in [1.807, 2.05) is 0 Å². The molecule has 1 unspecified atom stereocenters. The van der Waals surface area contributed by atoms with Gasteiger partial charge in [0.2, 0.25) is 0 Å². The van der Waals surface area contributed by atoms with Gasteiger partial charge >= 0.3 is 0 Å². The van der Waals surface area contributed by atoms with E-state index >= 15 is 0 Å². The summed E-state index contributed by atoms with van der Waals surface area (Å²) in [5.41, 5.74) is 5.85. The van der Waals surface area contributed by atoms with E-state index in [0.717, 1.165) is 13.0 Å². The van der Waals surface area contributed by atoms with E-state index < -0.39 is 0 Å². The first-order valence-electron chi connectivity index (χ1n) is 6.92. The molecule has 0 saturated carbocycles. The van der Waals surface area contributed by atoms with Crippen LogP contribution in [-0.2, 0) is 11.8 Å². The fourth-order valence-electron chi connectivity index (χ4n) is 3.25. The highest BCUT2D eigenvalue weighted by Gasteiger charge is 2.34. The molecule has 3 rings (SSSR count). The largest absolute Gasteiger partial charge is 0.357 e. The molecule has 1 atom stereocenters. The summed E-state index contributed by atoms with van der Waals surface area (Å²) in [4.78, 5) is 3.68. The van der Waals surface area contributed by atoms with Crippen molar-refractivity contribution in [2.24, 2.45) is 0 Å². The van der Waals surface area contributed by atoms with Gasteiger partial charge in [0.25, 0.3) is 0 Å². The Hall–Kier alpha value is -1.28. The van der Waals surface area contributed by atoms with E-state index in [2.05, 4.69) is 56.2 Å². The molecule has 18 heavy (non-hydrogen) atoms. The number of aryl methyl sites for hydroxylation is 1. The van der Waals surface area contributed by atoms with Crippen LogP contribution in [0.5, 0.6) is 0 Å². The summed E-state index contributed by atoms with van der Waals surface area (Å²) in [6, 6.07) is 7.11. The third kappa shape index (κ3) is 1.52. The number of rotatable bonds is 1. The summed E-state index contributed by atoms with van der Waals surface area (Å²) < 4.78 is 0. The Bertz CT molecular complexity index is 592. The van der Waals surface area contributed by atoms with Crippen LogP contribution in [-0.4, -0.2) is 11.5 Å². The number of para-hydroxylation sites is 1. The molecule has 0 fully saturated rings. The first-order chi connectivity index (χ1) is 8.54. The lowest BCUT2D eigenvalue weighted by atomic mass is 9.78. The van der Waals surface area contributed by atoms with Crippen LogP contribution < -0.4 is 5.32 Å². The van der Waals surface area contributed by atoms with Gasteiger partial charge in [0, 0.05) is 34.6 Å². The normalized spacial score (nSPS) is 22.1. The lowest BCUT2D eigenvalue weighted by Crippen LogP contribution is -2.40. The Morgan fingerprint density at radius 1 is 1.33 bits per heavy atom. The fraction of sp³-hybridized carbons (Fsp3) is 0.500. The van der Waals surface area contributed by atoms with Gasteiger partial charge < -0.3 is 10.3 Å². The molecule has 96 valence electrons. The summed E-state index contributed by atoms with van der Waals surface area (Å²) in [6.45, 7) is 10.2. The molecule has 0 amide bonds. The molecule has 1 aliphatic heterocycles. The molecule has 0 bridgehead atoms. The van der Waals surface area contributed by atoms with Gasteiger partial charge in [0.05, 0.1) is 0 Å². The first kappa shape index (κ1) is 11.8. The van der Waals surface area contributed by atoms with Gasteiger partial charge in [-0.05, 0) is 24.5 Å². The molecular weight excluding hydrogens is 220 g/mol. The predicted molar refractivity (Wildman–Crippen MR) is 77.1 cm³/mol. The van der Waals surface area contributed by atoms with Crippen molar-refractivity contribution in [1.82, 2.24) is 10.3 Å². The van der Waals surface area contributed by atoms with Crippen molar-refractivity contribution in [1.29, 1.82) is 0 Å². The maximum absolute atomic E-state index is 3.68. The minimum Gasteiger partial charge on any atom is -0.357 e. The van der Waals surface area contributed by atoms with Gasteiger partial charge in [-0.2, -0.15) is 0 Å². The summed E-state index contributed by atoms with van der Waals surface area (Å²) in [5.74, 6) is 0. The highest BCUT2D eigenvalue weighted by atomic mass is 15.0. The van der Waals surface area contributed by atoms with Crippen molar-refractivity contribution in [3.05, 3.63) is 35.0 Å². The van der Waals surface area contributed by atoms with Crippen LogP contribution in [0.3, 0.4) is 0 Å². The number of fused-ring (bicyclic) bond motifs is 3. The topological polar surface area (TPSA) is 27.8 Å². The number of H-pyrrole nitrogens is 1. The van der Waals surface area contributed by atoms with Crippen molar-refractivity contribution in [3.8, 4) is 0 Å². The second-order valence-corrected chi connectivity index (χ2v) is 6.09. The first-order valence-corrected chi connectivity index (χ1v) is 6.92. The molecule has 1 aromatic heterocycles. The lowest BCUT2D eigenvalue weighted by molar-refractivity contribution is 0.394. The second-order valence-electron chi connectivity index (χ2n) is 6.09. The molecule has 2 N–H and O–H groups in total. The lowest BCUT2D eigenvalue weighted by Gasteiger charge is -2.34. The van der Waals surface area contributed by atoms with Crippen LogP contribution >= 0.6 is 0 Å². The van der Waals surface area contributed by atoms with Crippen LogP contribution in [0.1, 0.15) is 50.6 Å². The van der Waals surface area contributed by atoms with Crippen molar-refractivity contribution >= 4 is 10.9 Å². The van der Waals surface area contributed by atoms with E-state index in [4.69, 9.17) is 0 Å². The van der Waals surface area contributed by atoms with Crippen LogP contribution in [0.4, 0.5) is 0 Å². The van der Waals surface area contributed by atoms with Gasteiger partial charge in [-0.1, -0.05) is 39.0 Å². The average molecular weight is 242 g/mol. The van der Waals surface area contributed by atoms with E-state index in [-0.39, 0.29) is 5.41 Å². The number of aromatic nitrogens is 1. The van der Waals surface area contributed by atoms with E-state index in [1.165, 1.54) is 27.7 Å². The zero-order valence-electron chi connectivity index (χ0n) is 11.7. The predicted octanol–water partition coefficient (Wildman–Crippen LogP) is 3.67. The zero-order chi connectivity index (χ0) is 12.9. The molecule has 1 aliphatic rings. The van der Waals surface area contributed by atoms with Gasteiger partial charge in [0.15, 0.2) is 0 Å². The highest BCUT2D eigenvalue weighted by Crippen LogP contribution is 2.40. The Morgan fingerprint density at radius 2 is 2.11 bits per heavy atom. The SMILES string of the molecule is CCc1cccc2c3c([nH]c12)C(C)NCC3(C)C. The average Bonchev–Trinajstić information content (AvgIpc) is 2.75. The van der Waals surface area contributed by atoms with E-state index in [9.17, 15) is 0 Å². The molecule has 0 saturated heterocycles. The smallest absolute Gasteiger partial charge is 0.0492 e. The molecule has 0 radical (unpaired) electrons. The summed E-state index contributed by atoms with van der Waals surface area (Å²) in [5, 5.41) is 5.01. The fourth-order valence-corrected chi connectivity index (χ4v) is 3.25. The third-order valence-corrected chi connectivity index (χ3v) is 4.29. The quantitative estimate of drug-likeness (QED) is 0.784. The Kier molecular flexibility index (Phi) is 2.53. The minimum atomic E-state index is 0.201. The molecule has 1 aromatic carbocycles. The summed E-state index contributed by atoms with van der Waals surface area (Å²) in [7, 11) is 0. The van der Waals surface area contributed by atoms with Gasteiger partial charge in [0.1, 0.15) is 0 Å². The Labute approximate surface area is 109 Å². The van der Waals surface area contributed by atoms with Crippen LogP contribution in [0, 0.1) is 0 Å². The van der Waals surface area contributed by atoms with Crippen LogP contribution in [0.2, 0.25) is 0 Å². The van der Waals surface area contributed by atoms with Crippen molar-refractivity contribution in [3.63, 3.8) is 0 Å². The minimum absolute atomic E-state index is 0.201. The van der Waals surface area contributed by atoms with Gasteiger partial charge in [-0.15, -0.1) is 0 Å². The highest BCUT2D eigenvalue weighted by molar-refractivity contribution is 5.89. The number of hydrogen-bond acceptors (Lipinski definition) is 1. The molecule has 2 aromatic rings. The molecule has 2 nitrogen and oxygen atoms in total. The van der Waals surface area contributed by atoms with Gasteiger partial charge in [-0.25, -0.2) is 0 Å². The monoisotopic (exact) mass is 242 g/mol. The maximum atomic E-state index is 3.68. The zero-order valence-corrected chi connectivity index (χ0v) is 11.7. The number of benzene rings is 1. The number of hydrogen-bond donors (Lipinski definition) is 2. The van der Waals surface area contributed by atoms with Crippen LogP contribution in [0.25, 0.3) is 10.9 Å². The molecule has 0 spiro atoms. The number of aromatic amines is 1. The maximum Gasteiger partial charge on any atom is 0.0492 e. The standard InChI is InChI=1S/C16H22N2/c1-5-11-7-6-8-12-13-14(18-15(11)12)10(2)17-9-16(13,3)4/h6-8,10,17-18H,5,9H2,1-4H3. The van der Waals surface area contributed by atoms with Crippen molar-refractivity contribution in [2.75, 3.05) is 6.54 Å². The van der Waals surface area contributed by atoms with Crippen molar-refractivity contribution < 1.29 is 0 Å². The Morgan fingerprint density at radius 3 is 2.83 bits per heavy atom. The summed E-state index contributed by atoms with van der Waals surface area (Å²) >= 11 is 0. The van der Waals surface area contributed by atoms with Crippen molar-refractivity contribution in [2.45, 2.75) is 45.6 Å². The summed E-state index contributed by atoms with van der Waals surface area (Å²) in [6.07, 6.45) is 1.08. The molecular formula is C16H22N2. The van der Waals surface area contributed by atoms with Crippen LogP contribution in [0.15, 0.2) is 18.2 Å². The second kappa shape index (κ2) is 3.86. The Balaban J connectivity index is 2.37. The molecule has 0 aliphatic carbocycles. The molecule has 2 heteroatoms. The third-order valence-electron chi connectivity index (χ3n) is 4.29. The number of nitrogens with one attached hydrogen (secondary N) is 2. The van der Waals surface area contributed by atoms with E-state index in [1.54, 1.807) is 0 Å².